The van der Waals surface area contributed by atoms with Crippen LogP contribution in [0.4, 0.5) is 18.9 Å². The number of nitrogens with one attached hydrogen (secondary N) is 1. The van der Waals surface area contributed by atoms with Crippen LogP contribution in [0.25, 0.3) is 0 Å². The third-order valence-electron chi connectivity index (χ3n) is 2.48. The maximum Gasteiger partial charge on any atom is 0.345 e. The van der Waals surface area contributed by atoms with Gasteiger partial charge in [0.2, 0.25) is 0 Å². The lowest BCUT2D eigenvalue weighted by Gasteiger charge is -2.06. The Morgan fingerprint density at radius 2 is 2.04 bits per heavy atom. The summed E-state index contributed by atoms with van der Waals surface area (Å²) in [7, 11) is 0. The molecule has 0 saturated heterocycles. The second-order valence-electron chi connectivity index (χ2n) is 4.13. The van der Waals surface area contributed by atoms with Gasteiger partial charge in [0.05, 0.1) is 15.5 Å². The molecule has 0 atom stereocenters. The van der Waals surface area contributed by atoms with Crippen LogP contribution in [0.2, 0.25) is 5.02 Å². The van der Waals surface area contributed by atoms with E-state index in [2.05, 4.69) is 15.0 Å². The summed E-state index contributed by atoms with van der Waals surface area (Å²) in [5.41, 5.74) is -0.451. The van der Waals surface area contributed by atoms with Crippen molar-refractivity contribution in [2.24, 2.45) is 0 Å². The number of halogens is 3. The number of ether oxygens (including phenoxy) is 1. The summed E-state index contributed by atoms with van der Waals surface area (Å²) in [6.45, 7) is -0.776. The van der Waals surface area contributed by atoms with Gasteiger partial charge in [-0.25, -0.2) is 18.6 Å². The number of esters is 1. The van der Waals surface area contributed by atoms with E-state index in [0.717, 1.165) is 6.20 Å². The molecule has 1 N–H and O–H groups in total. The SMILES string of the molecule is O=C(COC(=O)c1cc(F)c(F)cc1Cl)Nc1ncc([N+](=O)[O-])s1. The minimum atomic E-state index is -1.30. The first-order valence-electron chi connectivity index (χ1n) is 5.99. The van der Waals surface area contributed by atoms with Gasteiger partial charge in [-0.3, -0.25) is 20.2 Å². The van der Waals surface area contributed by atoms with Crippen molar-refractivity contribution in [1.82, 2.24) is 4.98 Å². The molecular formula is C12H6ClF2N3O5S. The molecule has 2 rings (SSSR count). The zero-order valence-electron chi connectivity index (χ0n) is 11.4. The van der Waals surface area contributed by atoms with Crippen molar-refractivity contribution in [3.05, 3.63) is 50.7 Å². The second-order valence-corrected chi connectivity index (χ2v) is 5.55. The van der Waals surface area contributed by atoms with Crippen molar-refractivity contribution in [2.75, 3.05) is 11.9 Å². The smallest absolute Gasteiger partial charge is 0.345 e. The summed E-state index contributed by atoms with van der Waals surface area (Å²) in [4.78, 5) is 36.7. The Labute approximate surface area is 141 Å². The lowest BCUT2D eigenvalue weighted by atomic mass is 10.2. The fraction of sp³-hybridized carbons (Fsp3) is 0.0833. The average Bonchev–Trinajstić information content (AvgIpc) is 2.97. The number of aromatic nitrogens is 1. The number of nitrogens with zero attached hydrogens (tertiary/aromatic N) is 2. The third kappa shape index (κ3) is 4.20. The molecular weight excluding hydrogens is 372 g/mol. The number of amides is 1. The normalized spacial score (nSPS) is 10.3. The molecule has 1 heterocycles. The summed E-state index contributed by atoms with van der Waals surface area (Å²) in [6, 6.07) is 1.14. The van der Waals surface area contributed by atoms with Crippen molar-refractivity contribution in [1.29, 1.82) is 0 Å². The molecule has 0 unspecified atom stereocenters. The van der Waals surface area contributed by atoms with Crippen LogP contribution in [0.3, 0.4) is 0 Å². The molecule has 24 heavy (non-hydrogen) atoms. The summed E-state index contributed by atoms with van der Waals surface area (Å²) >= 11 is 6.20. The minimum absolute atomic E-state index is 0.0615. The summed E-state index contributed by atoms with van der Waals surface area (Å²) in [5.74, 6) is -4.50. The number of nitro groups is 1. The van der Waals surface area contributed by atoms with Gasteiger partial charge in [0, 0.05) is 0 Å². The van der Waals surface area contributed by atoms with Crippen LogP contribution in [-0.2, 0) is 9.53 Å². The first-order chi connectivity index (χ1) is 11.3. The van der Waals surface area contributed by atoms with Crippen LogP contribution in [0.15, 0.2) is 18.3 Å². The van der Waals surface area contributed by atoms with Crippen LogP contribution in [0.1, 0.15) is 10.4 Å². The quantitative estimate of drug-likeness (QED) is 0.371. The second kappa shape index (κ2) is 7.27. The highest BCUT2D eigenvalue weighted by Crippen LogP contribution is 2.25. The Morgan fingerprint density at radius 1 is 1.38 bits per heavy atom. The van der Waals surface area contributed by atoms with E-state index in [-0.39, 0.29) is 15.2 Å². The Balaban J connectivity index is 1.94. The summed E-state index contributed by atoms with van der Waals surface area (Å²) in [6.07, 6.45) is 0.952. The Hall–Kier alpha value is -2.66. The topological polar surface area (TPSA) is 111 Å². The van der Waals surface area contributed by atoms with Crippen LogP contribution < -0.4 is 5.32 Å². The van der Waals surface area contributed by atoms with Gasteiger partial charge >= 0.3 is 11.0 Å². The molecule has 0 spiro atoms. The molecule has 1 aromatic carbocycles. The molecule has 0 aliphatic rings. The highest BCUT2D eigenvalue weighted by atomic mass is 35.5. The van der Waals surface area contributed by atoms with E-state index in [1.165, 1.54) is 0 Å². The molecule has 0 radical (unpaired) electrons. The number of benzene rings is 1. The fourth-order valence-electron chi connectivity index (χ4n) is 1.45. The predicted octanol–water partition coefficient (Wildman–Crippen LogP) is 2.78. The van der Waals surface area contributed by atoms with Crippen molar-refractivity contribution < 1.29 is 28.0 Å². The molecule has 0 aliphatic heterocycles. The van der Waals surface area contributed by atoms with E-state index in [0.29, 0.717) is 23.5 Å². The van der Waals surface area contributed by atoms with Crippen molar-refractivity contribution in [2.45, 2.75) is 0 Å². The lowest BCUT2D eigenvalue weighted by molar-refractivity contribution is -0.380. The Kier molecular flexibility index (Phi) is 5.36. The maximum atomic E-state index is 13.1. The van der Waals surface area contributed by atoms with Crippen LogP contribution >= 0.6 is 22.9 Å². The molecule has 0 fully saturated rings. The third-order valence-corrected chi connectivity index (χ3v) is 3.66. The van der Waals surface area contributed by atoms with Gasteiger partial charge in [-0.15, -0.1) is 0 Å². The largest absolute Gasteiger partial charge is 0.452 e. The summed E-state index contributed by atoms with van der Waals surface area (Å²) < 4.78 is 30.6. The van der Waals surface area contributed by atoms with Gasteiger partial charge < -0.3 is 4.74 Å². The molecule has 8 nitrogen and oxygen atoms in total. The van der Waals surface area contributed by atoms with Gasteiger partial charge in [-0.05, 0) is 23.5 Å². The number of thiazole rings is 1. The molecule has 0 bridgehead atoms. The van der Waals surface area contributed by atoms with Gasteiger partial charge in [0.15, 0.2) is 23.4 Å². The summed E-state index contributed by atoms with van der Waals surface area (Å²) in [5, 5.41) is 11.9. The van der Waals surface area contributed by atoms with Gasteiger partial charge in [0.1, 0.15) is 6.20 Å². The van der Waals surface area contributed by atoms with E-state index in [1.807, 2.05) is 0 Å². The monoisotopic (exact) mass is 377 g/mol. The van der Waals surface area contributed by atoms with Gasteiger partial charge in [-0.1, -0.05) is 11.6 Å². The zero-order valence-corrected chi connectivity index (χ0v) is 13.0. The molecule has 2 aromatic rings. The maximum absolute atomic E-state index is 13.1. The number of hydrogen-bond acceptors (Lipinski definition) is 7. The van der Waals surface area contributed by atoms with E-state index >= 15 is 0 Å². The number of carbonyl (C=O) groups excluding carboxylic acids is 2. The molecule has 126 valence electrons. The number of hydrogen-bond donors (Lipinski definition) is 1. The Morgan fingerprint density at radius 3 is 2.67 bits per heavy atom. The first kappa shape index (κ1) is 17.7. The molecule has 0 aliphatic carbocycles. The minimum Gasteiger partial charge on any atom is -0.452 e. The molecule has 1 amide bonds. The molecule has 1 aromatic heterocycles. The highest BCUT2D eigenvalue weighted by molar-refractivity contribution is 7.18. The van der Waals surface area contributed by atoms with E-state index < -0.39 is 40.6 Å². The molecule has 12 heteroatoms. The van der Waals surface area contributed by atoms with Crippen LogP contribution in [0.5, 0.6) is 0 Å². The number of carbonyl (C=O) groups is 2. The highest BCUT2D eigenvalue weighted by Gasteiger charge is 2.18. The van der Waals surface area contributed by atoms with Gasteiger partial charge in [-0.2, -0.15) is 0 Å². The number of anilines is 1. The van der Waals surface area contributed by atoms with E-state index in [9.17, 15) is 28.5 Å². The van der Waals surface area contributed by atoms with E-state index in [1.54, 1.807) is 0 Å². The van der Waals surface area contributed by atoms with Crippen molar-refractivity contribution in [3.63, 3.8) is 0 Å². The lowest BCUT2D eigenvalue weighted by Crippen LogP contribution is -2.21. The van der Waals surface area contributed by atoms with E-state index in [4.69, 9.17) is 11.6 Å². The van der Waals surface area contributed by atoms with Crippen LogP contribution in [0, 0.1) is 21.7 Å². The standard InChI is InChI=1S/C12H6ClF2N3O5S/c13-6-2-8(15)7(14)1-5(6)11(20)23-4-9(19)17-12-16-3-10(24-12)18(21)22/h1-3H,4H2,(H,16,17,19). The number of rotatable bonds is 5. The van der Waals surface area contributed by atoms with Crippen LogP contribution in [-0.4, -0.2) is 28.4 Å². The zero-order chi connectivity index (χ0) is 17.9. The van der Waals surface area contributed by atoms with Crippen molar-refractivity contribution >= 4 is 44.9 Å². The fourth-order valence-corrected chi connectivity index (χ4v) is 2.33. The predicted molar refractivity (Wildman–Crippen MR) is 79.0 cm³/mol. The van der Waals surface area contributed by atoms with Crippen molar-refractivity contribution in [3.8, 4) is 0 Å². The Bertz CT molecular complexity index is 829. The first-order valence-corrected chi connectivity index (χ1v) is 7.19. The average molecular weight is 378 g/mol. The van der Waals surface area contributed by atoms with Gasteiger partial charge in [0.25, 0.3) is 5.91 Å². The molecule has 0 saturated carbocycles.